The molecule has 2 unspecified atom stereocenters. The van der Waals surface area contributed by atoms with Crippen LogP contribution in [0, 0.1) is 5.92 Å². The highest BCUT2D eigenvalue weighted by Gasteiger charge is 2.16. The molecule has 0 saturated carbocycles. The van der Waals surface area contributed by atoms with Crippen molar-refractivity contribution in [2.75, 3.05) is 19.8 Å². The van der Waals surface area contributed by atoms with Gasteiger partial charge in [-0.25, -0.2) is 0 Å². The van der Waals surface area contributed by atoms with E-state index in [1.807, 2.05) is 12.1 Å². The molecule has 3 nitrogen and oxygen atoms in total. The molecule has 3 heteroatoms. The van der Waals surface area contributed by atoms with Crippen LogP contribution in [0.3, 0.4) is 0 Å². The number of nitrogens with one attached hydrogen (secondary N) is 1. The summed E-state index contributed by atoms with van der Waals surface area (Å²) in [5.74, 6) is 0.666. The van der Waals surface area contributed by atoms with E-state index in [9.17, 15) is 5.11 Å². The fourth-order valence-electron chi connectivity index (χ4n) is 2.44. The third-order valence-corrected chi connectivity index (χ3v) is 3.54. The normalized spacial score (nSPS) is 20.9. The van der Waals surface area contributed by atoms with Crippen LogP contribution in [-0.2, 0) is 11.2 Å². The van der Waals surface area contributed by atoms with Crippen molar-refractivity contribution in [2.45, 2.75) is 38.8 Å². The van der Waals surface area contributed by atoms with Gasteiger partial charge in [0.2, 0.25) is 0 Å². The van der Waals surface area contributed by atoms with E-state index < -0.39 is 6.10 Å². The molecular formula is C16H25NO2. The van der Waals surface area contributed by atoms with Gasteiger partial charge < -0.3 is 15.2 Å². The topological polar surface area (TPSA) is 41.5 Å². The lowest BCUT2D eigenvalue weighted by atomic mass is 10.00. The van der Waals surface area contributed by atoms with Gasteiger partial charge in [-0.3, -0.25) is 0 Å². The maximum Gasteiger partial charge on any atom is 0.0914 e. The van der Waals surface area contributed by atoms with Crippen molar-refractivity contribution in [2.24, 2.45) is 5.92 Å². The highest BCUT2D eigenvalue weighted by molar-refractivity contribution is 5.24. The Kier molecular flexibility index (Phi) is 5.37. The lowest BCUT2D eigenvalue weighted by Crippen LogP contribution is -2.32. The first-order valence-electron chi connectivity index (χ1n) is 7.23. The van der Waals surface area contributed by atoms with E-state index in [0.717, 1.165) is 31.6 Å². The number of aliphatic hydroxyl groups excluding tert-OH is 1. The van der Waals surface area contributed by atoms with Gasteiger partial charge in [-0.2, -0.15) is 0 Å². The molecule has 0 radical (unpaired) electrons. The molecule has 1 aromatic rings. The van der Waals surface area contributed by atoms with Crippen molar-refractivity contribution in [3.63, 3.8) is 0 Å². The summed E-state index contributed by atoms with van der Waals surface area (Å²) in [6, 6.07) is 8.72. The molecule has 1 heterocycles. The van der Waals surface area contributed by atoms with Crippen LogP contribution in [0.5, 0.6) is 0 Å². The minimum absolute atomic E-state index is 0.398. The fourth-order valence-corrected chi connectivity index (χ4v) is 2.44. The zero-order chi connectivity index (χ0) is 13.7. The zero-order valence-electron chi connectivity index (χ0n) is 11.9. The van der Waals surface area contributed by atoms with Crippen LogP contribution in [0.25, 0.3) is 0 Å². The van der Waals surface area contributed by atoms with Crippen molar-refractivity contribution >= 4 is 0 Å². The average molecular weight is 263 g/mol. The first-order valence-corrected chi connectivity index (χ1v) is 7.23. The number of aliphatic hydroxyl groups is 1. The van der Waals surface area contributed by atoms with Crippen LogP contribution in [-0.4, -0.2) is 30.9 Å². The Morgan fingerprint density at radius 1 is 1.32 bits per heavy atom. The third kappa shape index (κ3) is 4.60. The minimum atomic E-state index is -0.436. The Morgan fingerprint density at radius 3 is 2.63 bits per heavy atom. The summed E-state index contributed by atoms with van der Waals surface area (Å²) in [5, 5.41) is 13.5. The Bertz CT molecular complexity index is 369. The van der Waals surface area contributed by atoms with Crippen LogP contribution in [0.2, 0.25) is 0 Å². The summed E-state index contributed by atoms with van der Waals surface area (Å²) in [4.78, 5) is 0. The first kappa shape index (κ1) is 14.5. The molecule has 1 saturated heterocycles. The largest absolute Gasteiger partial charge is 0.387 e. The summed E-state index contributed by atoms with van der Waals surface area (Å²) in [5.41, 5.74) is 2.32. The molecule has 106 valence electrons. The van der Waals surface area contributed by atoms with Crippen LogP contribution in [0.1, 0.15) is 37.5 Å². The highest BCUT2D eigenvalue weighted by Crippen LogP contribution is 2.16. The predicted molar refractivity (Wildman–Crippen MR) is 77.2 cm³/mol. The van der Waals surface area contributed by atoms with E-state index in [2.05, 4.69) is 31.3 Å². The molecule has 0 amide bonds. The molecule has 0 bridgehead atoms. The van der Waals surface area contributed by atoms with E-state index in [-0.39, 0.29) is 0 Å². The number of benzene rings is 1. The van der Waals surface area contributed by atoms with E-state index >= 15 is 0 Å². The molecule has 0 aliphatic carbocycles. The molecule has 0 spiro atoms. The Labute approximate surface area is 116 Å². The summed E-state index contributed by atoms with van der Waals surface area (Å²) < 4.78 is 5.30. The van der Waals surface area contributed by atoms with Gasteiger partial charge in [0.05, 0.1) is 12.7 Å². The molecule has 2 N–H and O–H groups in total. The standard InChI is InChI=1S/C16H25NO2/c1-12(2)9-13-3-5-14(6-4-13)16(18)10-17-15-7-8-19-11-15/h3-6,12,15-18H,7-11H2,1-2H3. The smallest absolute Gasteiger partial charge is 0.0914 e. The summed E-state index contributed by atoms with van der Waals surface area (Å²) in [6.45, 7) is 6.63. The van der Waals surface area contributed by atoms with Crippen LogP contribution >= 0.6 is 0 Å². The average Bonchev–Trinajstić information content (AvgIpc) is 2.89. The molecular weight excluding hydrogens is 238 g/mol. The van der Waals surface area contributed by atoms with Crippen LogP contribution < -0.4 is 5.32 Å². The maximum atomic E-state index is 10.2. The third-order valence-electron chi connectivity index (χ3n) is 3.54. The molecule has 19 heavy (non-hydrogen) atoms. The summed E-state index contributed by atoms with van der Waals surface area (Å²) in [7, 11) is 0. The van der Waals surface area contributed by atoms with Gasteiger partial charge in [-0.15, -0.1) is 0 Å². The second kappa shape index (κ2) is 7.04. The van der Waals surface area contributed by atoms with Gasteiger partial charge in [0.15, 0.2) is 0 Å². The second-order valence-corrected chi connectivity index (χ2v) is 5.82. The highest BCUT2D eigenvalue weighted by atomic mass is 16.5. The molecule has 2 rings (SSSR count). The molecule has 2 atom stereocenters. The van der Waals surface area contributed by atoms with E-state index in [4.69, 9.17) is 4.74 Å². The molecule has 0 aromatic heterocycles. The van der Waals surface area contributed by atoms with Gasteiger partial charge in [0, 0.05) is 19.2 Å². The second-order valence-electron chi connectivity index (χ2n) is 5.82. The SMILES string of the molecule is CC(C)Cc1ccc(C(O)CNC2CCOC2)cc1. The predicted octanol–water partition coefficient (Wildman–Crippen LogP) is 2.30. The van der Waals surface area contributed by atoms with Crippen LogP contribution in [0.15, 0.2) is 24.3 Å². The quantitative estimate of drug-likeness (QED) is 0.827. The minimum Gasteiger partial charge on any atom is -0.387 e. The van der Waals surface area contributed by atoms with E-state index in [1.54, 1.807) is 0 Å². The van der Waals surface area contributed by atoms with Crippen molar-refractivity contribution in [1.29, 1.82) is 0 Å². The van der Waals surface area contributed by atoms with E-state index in [0.29, 0.717) is 18.5 Å². The van der Waals surface area contributed by atoms with Gasteiger partial charge in [0.25, 0.3) is 0 Å². The van der Waals surface area contributed by atoms with Gasteiger partial charge in [-0.05, 0) is 29.9 Å². The number of hydrogen-bond acceptors (Lipinski definition) is 3. The number of hydrogen-bond donors (Lipinski definition) is 2. The summed E-state index contributed by atoms with van der Waals surface area (Å²) >= 11 is 0. The summed E-state index contributed by atoms with van der Waals surface area (Å²) in [6.07, 6.45) is 1.70. The lowest BCUT2D eigenvalue weighted by molar-refractivity contribution is 0.161. The van der Waals surface area contributed by atoms with Crippen molar-refractivity contribution in [3.05, 3.63) is 35.4 Å². The molecule has 1 aromatic carbocycles. The van der Waals surface area contributed by atoms with Gasteiger partial charge in [-0.1, -0.05) is 38.1 Å². The Balaban J connectivity index is 1.82. The number of ether oxygens (including phenoxy) is 1. The molecule has 1 aliphatic heterocycles. The van der Waals surface area contributed by atoms with Crippen molar-refractivity contribution < 1.29 is 9.84 Å². The van der Waals surface area contributed by atoms with E-state index in [1.165, 1.54) is 5.56 Å². The monoisotopic (exact) mass is 263 g/mol. The molecule has 1 aliphatic rings. The number of rotatable bonds is 6. The Hall–Kier alpha value is -0.900. The van der Waals surface area contributed by atoms with Crippen molar-refractivity contribution in [3.8, 4) is 0 Å². The van der Waals surface area contributed by atoms with Crippen LogP contribution in [0.4, 0.5) is 0 Å². The van der Waals surface area contributed by atoms with Gasteiger partial charge >= 0.3 is 0 Å². The maximum absolute atomic E-state index is 10.2. The first-order chi connectivity index (χ1) is 9.15. The fraction of sp³-hybridized carbons (Fsp3) is 0.625. The Morgan fingerprint density at radius 2 is 2.05 bits per heavy atom. The van der Waals surface area contributed by atoms with Crippen molar-refractivity contribution in [1.82, 2.24) is 5.32 Å². The zero-order valence-corrected chi connectivity index (χ0v) is 11.9. The molecule has 1 fully saturated rings. The lowest BCUT2D eigenvalue weighted by Gasteiger charge is -2.16. The van der Waals surface area contributed by atoms with Gasteiger partial charge in [0.1, 0.15) is 0 Å².